The molecule has 6 aromatic rings. The van der Waals surface area contributed by atoms with Crippen molar-refractivity contribution in [1.82, 2.24) is 40.1 Å². The van der Waals surface area contributed by atoms with Crippen molar-refractivity contribution in [3.8, 4) is 28.3 Å². The standard InChI is InChI=1S/C67H85N11O12S/c1-7-61(80)77-22-21-76(38-50(77)17-19-68)64-55-18-20-75(57-14-10-12-47-11-8-9-13-54(47)57)41-56(55)71-67(72-64)89-42-51-35-53(40-74(51)6)87-31-29-85-27-25-83-23-24-84-26-28-86-30-32-88-59-34-48(63-46(5)70-43-91-63)15-16-49(59)37-69-65(81)58-36-52(79)39-78(58)66(82)62(44(2)3)60-33-45(4)73-90-60/h7-16,33-34,43-44,50-53,58,62,79H,1,17-18,20-32,35-42H2,2-6H3,(H,69,81)/t50-,51-,52+,53+,58-,62?/m0/s1. The molecule has 7 heterocycles. The first-order chi connectivity index (χ1) is 44.3. The number of hydrogen-bond acceptors (Lipinski definition) is 21. The van der Waals surface area contributed by atoms with Gasteiger partial charge in [-0.3, -0.25) is 19.3 Å². The number of aromatic nitrogens is 4. The zero-order chi connectivity index (χ0) is 63.8. The molecule has 91 heavy (non-hydrogen) atoms. The summed E-state index contributed by atoms with van der Waals surface area (Å²) in [7, 11) is 2.08. The highest BCUT2D eigenvalue weighted by Gasteiger charge is 2.43. The monoisotopic (exact) mass is 1270 g/mol. The fourth-order valence-electron chi connectivity index (χ4n) is 12.5. The summed E-state index contributed by atoms with van der Waals surface area (Å²) in [5, 5.41) is 29.7. The van der Waals surface area contributed by atoms with Gasteiger partial charge < -0.3 is 67.7 Å². The van der Waals surface area contributed by atoms with Crippen molar-refractivity contribution in [1.29, 1.82) is 5.26 Å². The summed E-state index contributed by atoms with van der Waals surface area (Å²) in [6, 6.07) is 23.9. The molecule has 1 unspecified atom stereocenters. The second-order valence-corrected chi connectivity index (χ2v) is 24.7. The summed E-state index contributed by atoms with van der Waals surface area (Å²) < 4.78 is 47.7. The van der Waals surface area contributed by atoms with Crippen molar-refractivity contribution in [3.05, 3.63) is 119 Å². The average Bonchev–Trinajstić information content (AvgIpc) is 1.23. The minimum absolute atomic E-state index is 0.0100. The number of ether oxygens (including phenoxy) is 7. The van der Waals surface area contributed by atoms with Crippen LogP contribution >= 0.6 is 11.3 Å². The van der Waals surface area contributed by atoms with Crippen LogP contribution in [0.5, 0.6) is 11.8 Å². The molecule has 3 amide bonds. The third-order valence-corrected chi connectivity index (χ3v) is 18.2. The molecule has 10 rings (SSSR count). The molecule has 0 bridgehead atoms. The van der Waals surface area contributed by atoms with Crippen LogP contribution in [0.1, 0.15) is 73.0 Å². The van der Waals surface area contributed by atoms with Crippen molar-refractivity contribution >= 4 is 51.3 Å². The van der Waals surface area contributed by atoms with Crippen molar-refractivity contribution in [2.75, 3.05) is 129 Å². The second-order valence-electron chi connectivity index (χ2n) is 23.8. The van der Waals surface area contributed by atoms with Gasteiger partial charge in [-0.25, -0.2) is 4.98 Å². The molecule has 3 saturated heterocycles. The van der Waals surface area contributed by atoms with E-state index in [1.807, 2.05) is 39.0 Å². The number of likely N-dealkylation sites (N-methyl/N-ethyl adjacent to an activating group) is 1. The molecule has 2 N–H and O–H groups in total. The number of carbonyl (C=O) groups excluding carboxylic acids is 3. The number of nitrogens with one attached hydrogen (secondary N) is 1. The Morgan fingerprint density at radius 1 is 0.846 bits per heavy atom. The molecule has 24 heteroatoms. The number of piperazine rings is 1. The molecule has 4 aliphatic rings. The fourth-order valence-corrected chi connectivity index (χ4v) is 13.3. The minimum Gasteiger partial charge on any atom is -0.491 e. The van der Waals surface area contributed by atoms with Gasteiger partial charge in [-0.05, 0) is 68.8 Å². The maximum absolute atomic E-state index is 13.9. The van der Waals surface area contributed by atoms with Crippen LogP contribution < -0.4 is 24.6 Å². The van der Waals surface area contributed by atoms with E-state index in [4.69, 9.17) is 47.6 Å². The van der Waals surface area contributed by atoms with E-state index in [-0.39, 0.29) is 74.4 Å². The maximum atomic E-state index is 13.9. The lowest BCUT2D eigenvalue weighted by atomic mass is 9.91. The Labute approximate surface area is 536 Å². The van der Waals surface area contributed by atoms with Gasteiger partial charge in [-0.1, -0.05) is 74.1 Å². The van der Waals surface area contributed by atoms with Crippen LogP contribution in [0.25, 0.3) is 21.2 Å². The van der Waals surface area contributed by atoms with E-state index in [9.17, 15) is 24.8 Å². The second kappa shape index (κ2) is 32.1. The van der Waals surface area contributed by atoms with E-state index in [2.05, 4.69) is 92.3 Å². The van der Waals surface area contributed by atoms with Crippen molar-refractivity contribution < 1.29 is 57.2 Å². The van der Waals surface area contributed by atoms with Gasteiger partial charge in [0.25, 0.3) is 0 Å². The van der Waals surface area contributed by atoms with Crippen LogP contribution in [0.2, 0.25) is 0 Å². The van der Waals surface area contributed by atoms with E-state index in [1.165, 1.54) is 33.1 Å². The Balaban J connectivity index is 0.610. The highest BCUT2D eigenvalue weighted by Crippen LogP contribution is 2.37. The molecule has 0 radical (unpaired) electrons. The van der Waals surface area contributed by atoms with Gasteiger partial charge in [-0.2, -0.15) is 15.2 Å². The molecular formula is C67H85N11O12S. The number of thiazole rings is 1. The molecule has 23 nitrogen and oxygen atoms in total. The summed E-state index contributed by atoms with van der Waals surface area (Å²) >= 11 is 1.53. The third-order valence-electron chi connectivity index (χ3n) is 17.2. The molecule has 0 spiro atoms. The Hall–Kier alpha value is -7.60. The molecule has 3 fully saturated rings. The topological polar surface area (TPSA) is 253 Å². The number of aliphatic hydroxyl groups excluding tert-OH is 1. The third kappa shape index (κ3) is 16.9. The predicted molar refractivity (Wildman–Crippen MR) is 343 cm³/mol. The maximum Gasteiger partial charge on any atom is 0.318 e. The normalized spacial score (nSPS) is 19.6. The van der Waals surface area contributed by atoms with Crippen LogP contribution in [0.15, 0.2) is 89.4 Å². The van der Waals surface area contributed by atoms with Gasteiger partial charge in [0.15, 0.2) is 0 Å². The van der Waals surface area contributed by atoms with Gasteiger partial charge in [0, 0.05) is 86.5 Å². The number of hydrogen-bond donors (Lipinski definition) is 2. The number of benzene rings is 3. The number of nitriles is 1. The molecule has 0 saturated carbocycles. The average molecular weight is 1270 g/mol. The lowest BCUT2D eigenvalue weighted by molar-refractivity contribution is -0.141. The largest absolute Gasteiger partial charge is 0.491 e. The molecule has 0 aliphatic carbocycles. The highest BCUT2D eigenvalue weighted by atomic mass is 32.1. The summed E-state index contributed by atoms with van der Waals surface area (Å²) in [4.78, 5) is 66.1. The Kier molecular flexibility index (Phi) is 23.4. The first kappa shape index (κ1) is 66.3. The van der Waals surface area contributed by atoms with Crippen LogP contribution in [-0.4, -0.2) is 207 Å². The Morgan fingerprint density at radius 3 is 2.31 bits per heavy atom. The predicted octanol–water partition coefficient (Wildman–Crippen LogP) is 6.67. The molecule has 4 aliphatic heterocycles. The van der Waals surface area contributed by atoms with E-state index in [1.54, 1.807) is 23.4 Å². The lowest BCUT2D eigenvalue weighted by Crippen LogP contribution is -2.55. The summed E-state index contributed by atoms with van der Waals surface area (Å²) in [5.74, 6) is 0.211. The van der Waals surface area contributed by atoms with E-state index >= 15 is 0 Å². The minimum atomic E-state index is -0.859. The zero-order valence-electron chi connectivity index (χ0n) is 52.8. The molecular weight excluding hydrogens is 1180 g/mol. The number of carbonyl (C=O) groups is 3. The van der Waals surface area contributed by atoms with E-state index < -0.39 is 18.1 Å². The number of aliphatic hydroxyl groups is 1. The van der Waals surface area contributed by atoms with Gasteiger partial charge in [0.05, 0.1) is 124 Å². The molecule has 486 valence electrons. The van der Waals surface area contributed by atoms with E-state index in [0.29, 0.717) is 115 Å². The molecule has 6 atom stereocenters. The van der Waals surface area contributed by atoms with Gasteiger partial charge >= 0.3 is 6.01 Å². The highest BCUT2D eigenvalue weighted by molar-refractivity contribution is 7.13. The number of β-amino-alcohol motifs (C(OH)–C–C–N with tert-alkyl or cyclic N) is 1. The first-order valence-corrected chi connectivity index (χ1v) is 32.4. The smallest absolute Gasteiger partial charge is 0.318 e. The van der Waals surface area contributed by atoms with Crippen molar-refractivity contribution in [2.24, 2.45) is 5.92 Å². The molecule has 3 aromatic carbocycles. The SMILES string of the molecule is C=CC(=O)N1CCN(c2nc(OC[C@@H]3C[C@@H](OCCOCCOCCOCCOCCOc4cc(-c5scnc5C)ccc4CNC(=O)[C@@H]4C[C@@H](O)CN4C(=O)C(c4cc(C)no4)C(C)C)CN3C)nc3c2CCN(c2cccc4ccccc24)C3)C[C@@H]1CC#N. The number of aryl methyl sites for hydroxylation is 2. The number of rotatable bonds is 31. The number of nitrogens with zero attached hydrogens (tertiary/aromatic N) is 10. The van der Waals surface area contributed by atoms with Crippen LogP contribution in [-0.2, 0) is 57.6 Å². The van der Waals surface area contributed by atoms with Crippen molar-refractivity contribution in [3.63, 3.8) is 0 Å². The quantitative estimate of drug-likeness (QED) is 0.0340. The van der Waals surface area contributed by atoms with Gasteiger partial charge in [-0.15, -0.1) is 11.3 Å². The zero-order valence-corrected chi connectivity index (χ0v) is 53.7. The number of fused-ring (bicyclic) bond motifs is 2. The van der Waals surface area contributed by atoms with Gasteiger partial charge in [0.1, 0.15) is 42.5 Å². The van der Waals surface area contributed by atoms with Crippen LogP contribution in [0.3, 0.4) is 0 Å². The van der Waals surface area contributed by atoms with Crippen LogP contribution in [0, 0.1) is 31.1 Å². The molecule has 3 aromatic heterocycles. The van der Waals surface area contributed by atoms with Crippen LogP contribution in [0.4, 0.5) is 11.5 Å². The fraction of sp³-hybridized carbons (Fsp3) is 0.522. The van der Waals surface area contributed by atoms with Crippen molar-refractivity contribution in [2.45, 2.75) is 103 Å². The van der Waals surface area contributed by atoms with Gasteiger partial charge in [0.2, 0.25) is 17.7 Å². The summed E-state index contributed by atoms with van der Waals surface area (Å²) in [5.41, 5.74) is 8.17. The first-order valence-electron chi connectivity index (χ1n) is 31.5. The Bertz CT molecular complexity index is 3460. The number of anilines is 2. The Morgan fingerprint density at radius 2 is 1.59 bits per heavy atom. The lowest BCUT2D eigenvalue weighted by Gasteiger charge is -2.42. The summed E-state index contributed by atoms with van der Waals surface area (Å²) in [6.45, 7) is 19.3. The van der Waals surface area contributed by atoms with E-state index in [0.717, 1.165) is 70.4 Å². The number of amides is 3. The summed E-state index contributed by atoms with van der Waals surface area (Å²) in [6.07, 6.45) is 2.32. The number of likely N-dealkylation sites (tertiary alicyclic amines) is 2.